The number of rotatable bonds is 3. The zero-order chi connectivity index (χ0) is 12.6. The molecule has 1 aliphatic rings. The lowest BCUT2D eigenvalue weighted by Crippen LogP contribution is -2.40. The first-order valence-corrected chi connectivity index (χ1v) is 5.80. The van der Waals surface area contributed by atoms with Crippen molar-refractivity contribution in [1.29, 1.82) is 0 Å². The molecule has 0 saturated heterocycles. The average molecular weight is 226 g/mol. The first kappa shape index (κ1) is 13.2. The molecule has 1 saturated carbocycles. The molecule has 0 aromatic carbocycles. The third-order valence-electron chi connectivity index (χ3n) is 3.46. The minimum atomic E-state index is -0.723. The van der Waals surface area contributed by atoms with Crippen molar-refractivity contribution in [2.45, 2.75) is 58.2 Å². The van der Waals surface area contributed by atoms with Crippen molar-refractivity contribution >= 4 is 5.97 Å². The van der Waals surface area contributed by atoms with Crippen LogP contribution in [0.15, 0.2) is 12.2 Å². The van der Waals surface area contributed by atoms with Crippen LogP contribution in [0.1, 0.15) is 47.0 Å². The Balaban J connectivity index is 2.84. The van der Waals surface area contributed by atoms with E-state index in [1.807, 2.05) is 13.8 Å². The first-order valence-electron chi connectivity index (χ1n) is 5.80. The molecule has 2 unspecified atom stereocenters. The quantitative estimate of drug-likeness (QED) is 0.594. The molecule has 16 heavy (non-hydrogen) atoms. The van der Waals surface area contributed by atoms with Crippen LogP contribution >= 0.6 is 0 Å². The topological polar surface area (TPSA) is 46.5 Å². The summed E-state index contributed by atoms with van der Waals surface area (Å²) in [5.41, 5.74) is -0.842. The van der Waals surface area contributed by atoms with Gasteiger partial charge in [-0.25, -0.2) is 4.79 Å². The predicted octanol–water partition coefficient (Wildman–Crippen LogP) is 2.44. The highest BCUT2D eigenvalue weighted by molar-refractivity contribution is 5.87. The van der Waals surface area contributed by atoms with Crippen molar-refractivity contribution < 1.29 is 14.6 Å². The van der Waals surface area contributed by atoms with Crippen LogP contribution < -0.4 is 0 Å². The van der Waals surface area contributed by atoms with Crippen molar-refractivity contribution in [3.63, 3.8) is 0 Å². The molecule has 92 valence electrons. The van der Waals surface area contributed by atoms with Gasteiger partial charge in [-0.15, -0.1) is 0 Å². The van der Waals surface area contributed by atoms with E-state index >= 15 is 0 Å². The van der Waals surface area contributed by atoms with E-state index in [0.717, 1.165) is 6.42 Å². The van der Waals surface area contributed by atoms with E-state index in [9.17, 15) is 9.90 Å². The maximum atomic E-state index is 11.6. The zero-order valence-electron chi connectivity index (χ0n) is 10.7. The van der Waals surface area contributed by atoms with Crippen molar-refractivity contribution in [1.82, 2.24) is 0 Å². The Morgan fingerprint density at radius 1 is 1.44 bits per heavy atom. The molecule has 1 rings (SSSR count). The molecule has 0 amide bonds. The second-order valence-corrected chi connectivity index (χ2v) is 5.56. The molecule has 0 bridgehead atoms. The minimum Gasteiger partial charge on any atom is -0.455 e. The highest BCUT2D eigenvalue weighted by atomic mass is 16.6. The summed E-state index contributed by atoms with van der Waals surface area (Å²) in [6.45, 7) is 11.1. The molecular weight excluding hydrogens is 204 g/mol. The lowest BCUT2D eigenvalue weighted by molar-refractivity contribution is -0.161. The van der Waals surface area contributed by atoms with Gasteiger partial charge in [0.2, 0.25) is 0 Å². The van der Waals surface area contributed by atoms with Crippen molar-refractivity contribution in [3.05, 3.63) is 12.2 Å². The molecule has 3 nitrogen and oxygen atoms in total. The summed E-state index contributed by atoms with van der Waals surface area (Å²) in [7, 11) is 0. The average Bonchev–Trinajstić information content (AvgIpc) is 2.42. The summed E-state index contributed by atoms with van der Waals surface area (Å²) in [4.78, 5) is 11.6. The molecule has 2 atom stereocenters. The molecular formula is C13H22O3. The zero-order valence-corrected chi connectivity index (χ0v) is 10.7. The fourth-order valence-corrected chi connectivity index (χ4v) is 2.27. The Kier molecular flexibility index (Phi) is 3.48. The summed E-state index contributed by atoms with van der Waals surface area (Å²) >= 11 is 0. The number of hydrogen-bond acceptors (Lipinski definition) is 3. The Morgan fingerprint density at radius 3 is 2.31 bits per heavy atom. The number of hydrogen-bond donors (Lipinski definition) is 1. The lowest BCUT2D eigenvalue weighted by atomic mass is 9.87. The van der Waals surface area contributed by atoms with E-state index in [1.165, 1.54) is 0 Å². The van der Waals surface area contributed by atoms with Gasteiger partial charge >= 0.3 is 5.97 Å². The molecule has 3 heteroatoms. The van der Waals surface area contributed by atoms with Gasteiger partial charge in [0.15, 0.2) is 0 Å². The second-order valence-electron chi connectivity index (χ2n) is 5.56. The van der Waals surface area contributed by atoms with Crippen LogP contribution in [0.3, 0.4) is 0 Å². The summed E-state index contributed by atoms with van der Waals surface area (Å²) in [5.74, 6) is -0.156. The van der Waals surface area contributed by atoms with Gasteiger partial charge in [-0.1, -0.05) is 20.4 Å². The van der Waals surface area contributed by atoms with Gasteiger partial charge in [0.1, 0.15) is 5.60 Å². The van der Waals surface area contributed by atoms with Gasteiger partial charge in [0, 0.05) is 12.0 Å². The van der Waals surface area contributed by atoms with Crippen molar-refractivity contribution in [2.75, 3.05) is 0 Å². The molecule has 0 spiro atoms. The van der Waals surface area contributed by atoms with E-state index < -0.39 is 11.2 Å². The van der Waals surface area contributed by atoms with E-state index in [1.54, 1.807) is 13.8 Å². The number of ether oxygens (including phenoxy) is 1. The Bertz CT molecular complexity index is 304. The molecule has 1 N–H and O–H groups in total. The highest BCUT2D eigenvalue weighted by Gasteiger charge is 2.49. The van der Waals surface area contributed by atoms with Crippen LogP contribution in [0.25, 0.3) is 0 Å². The molecule has 1 fully saturated rings. The third kappa shape index (κ3) is 2.64. The van der Waals surface area contributed by atoms with E-state index in [0.29, 0.717) is 18.4 Å². The van der Waals surface area contributed by atoms with Crippen molar-refractivity contribution in [2.24, 2.45) is 5.92 Å². The van der Waals surface area contributed by atoms with E-state index in [-0.39, 0.29) is 11.9 Å². The summed E-state index contributed by atoms with van der Waals surface area (Å²) in [6, 6.07) is 0. The molecule has 1 aliphatic carbocycles. The number of carbonyl (C=O) groups is 1. The lowest BCUT2D eigenvalue weighted by Gasteiger charge is -2.34. The normalized spacial score (nSPS) is 34.1. The number of carbonyl (C=O) groups excluding carboxylic acids is 1. The largest absolute Gasteiger partial charge is 0.455 e. The van der Waals surface area contributed by atoms with Crippen LogP contribution in [0.4, 0.5) is 0 Å². The van der Waals surface area contributed by atoms with Crippen LogP contribution in [-0.4, -0.2) is 22.3 Å². The second kappa shape index (κ2) is 4.21. The fourth-order valence-electron chi connectivity index (χ4n) is 2.27. The minimum absolute atomic E-state index is 0.199. The Labute approximate surface area is 97.5 Å². The van der Waals surface area contributed by atoms with E-state index in [4.69, 9.17) is 4.74 Å². The molecule has 0 aromatic rings. The monoisotopic (exact) mass is 226 g/mol. The Morgan fingerprint density at radius 2 is 2.00 bits per heavy atom. The summed E-state index contributed by atoms with van der Waals surface area (Å²) < 4.78 is 5.56. The first-order chi connectivity index (χ1) is 7.18. The van der Waals surface area contributed by atoms with Crippen LogP contribution in [0, 0.1) is 5.92 Å². The number of aliphatic hydroxyl groups is 1. The molecule has 0 aliphatic heterocycles. The van der Waals surface area contributed by atoms with Crippen LogP contribution in [0.5, 0.6) is 0 Å². The standard InChI is InChI=1S/C13H22O3/c1-9(2)11(14)16-13(10(3)4)7-6-12(5,15)8-13/h10,15H,1,6-8H2,2-5H3. The number of esters is 1. The Hall–Kier alpha value is -0.830. The van der Waals surface area contributed by atoms with Gasteiger partial charge in [0.25, 0.3) is 0 Å². The summed E-state index contributed by atoms with van der Waals surface area (Å²) in [6.07, 6.45) is 1.90. The van der Waals surface area contributed by atoms with Gasteiger partial charge < -0.3 is 9.84 Å². The van der Waals surface area contributed by atoms with Crippen LogP contribution in [0.2, 0.25) is 0 Å². The van der Waals surface area contributed by atoms with E-state index in [2.05, 4.69) is 6.58 Å². The fraction of sp³-hybridized carbons (Fsp3) is 0.769. The maximum absolute atomic E-state index is 11.6. The smallest absolute Gasteiger partial charge is 0.333 e. The van der Waals surface area contributed by atoms with Gasteiger partial charge in [-0.2, -0.15) is 0 Å². The van der Waals surface area contributed by atoms with Gasteiger partial charge in [0.05, 0.1) is 5.60 Å². The van der Waals surface area contributed by atoms with Gasteiger partial charge in [-0.3, -0.25) is 0 Å². The molecule has 0 aromatic heterocycles. The maximum Gasteiger partial charge on any atom is 0.333 e. The van der Waals surface area contributed by atoms with Gasteiger partial charge in [-0.05, 0) is 32.6 Å². The van der Waals surface area contributed by atoms with Crippen molar-refractivity contribution in [3.8, 4) is 0 Å². The summed E-state index contributed by atoms with van der Waals surface area (Å²) in [5, 5.41) is 10.0. The SMILES string of the molecule is C=C(C)C(=O)OC1(C(C)C)CCC(C)(O)C1. The molecule has 0 heterocycles. The highest BCUT2D eigenvalue weighted by Crippen LogP contribution is 2.44. The van der Waals surface area contributed by atoms with Crippen LogP contribution in [-0.2, 0) is 9.53 Å². The third-order valence-corrected chi connectivity index (χ3v) is 3.46. The predicted molar refractivity (Wildman–Crippen MR) is 62.9 cm³/mol. The molecule has 0 radical (unpaired) electrons.